The van der Waals surface area contributed by atoms with Gasteiger partial charge in [-0.25, -0.2) is 22.5 Å². The van der Waals surface area contributed by atoms with Crippen LogP contribution in [0.1, 0.15) is 54.4 Å². The molecule has 0 nitrogen and oxygen atoms in total. The molecular formula is C22H38MoSi2. The summed E-state index contributed by atoms with van der Waals surface area (Å²) >= 11 is 0. The zero-order chi connectivity index (χ0) is 18.1. The number of rotatable bonds is 8. The van der Waals surface area contributed by atoms with Crippen molar-refractivity contribution in [2.45, 2.75) is 90.6 Å². The molecule has 0 unspecified atom stereocenters. The van der Waals surface area contributed by atoms with Gasteiger partial charge in [0.15, 0.2) is 0 Å². The van der Waals surface area contributed by atoms with Crippen molar-refractivity contribution in [2.24, 2.45) is 0 Å². The summed E-state index contributed by atoms with van der Waals surface area (Å²) in [5.41, 5.74) is 0. The Morgan fingerprint density at radius 2 is 0.920 bits per heavy atom. The van der Waals surface area contributed by atoms with Crippen LogP contribution in [-0.2, 0) is 21.1 Å². The van der Waals surface area contributed by atoms with Gasteiger partial charge < -0.3 is 0 Å². The fourth-order valence-corrected chi connectivity index (χ4v) is 11.4. The van der Waals surface area contributed by atoms with Crippen molar-refractivity contribution in [1.29, 1.82) is 0 Å². The Bertz CT molecular complexity index is 430. The van der Waals surface area contributed by atoms with Gasteiger partial charge in [-0.2, -0.15) is 12.2 Å². The van der Waals surface area contributed by atoms with Crippen LogP contribution in [-0.4, -0.2) is 16.1 Å². The first-order valence-corrected chi connectivity index (χ1v) is 15.4. The van der Waals surface area contributed by atoms with Crippen LogP contribution in [0.2, 0.25) is 36.3 Å². The molecule has 0 N–H and O–H groups in total. The van der Waals surface area contributed by atoms with Crippen LogP contribution < -0.4 is 0 Å². The van der Waals surface area contributed by atoms with E-state index < -0.39 is 16.1 Å². The van der Waals surface area contributed by atoms with Crippen molar-refractivity contribution < 1.29 is 21.1 Å². The molecule has 0 bridgehead atoms. The largest absolute Gasteiger partial charge is 2.00 e. The molecule has 0 radical (unpaired) electrons. The average molecular weight is 455 g/mol. The Morgan fingerprint density at radius 3 is 1.08 bits per heavy atom. The summed E-state index contributed by atoms with van der Waals surface area (Å²) in [4.78, 5) is 0. The molecule has 2 aliphatic carbocycles. The molecule has 2 aliphatic rings. The fraction of sp³-hybridized carbons (Fsp3) is 0.636. The summed E-state index contributed by atoms with van der Waals surface area (Å²) in [7, 11) is -2.13. The molecule has 2 rings (SSSR count). The van der Waals surface area contributed by atoms with E-state index in [-0.39, 0.29) is 21.1 Å². The first-order chi connectivity index (χ1) is 11.6. The van der Waals surface area contributed by atoms with Gasteiger partial charge >= 0.3 is 21.1 Å². The second kappa shape index (κ2) is 12.5. The molecule has 0 aromatic rings. The van der Waals surface area contributed by atoms with E-state index in [9.17, 15) is 0 Å². The second-order valence-electron chi connectivity index (χ2n) is 7.08. The number of hydrogen-bond donors (Lipinski definition) is 0. The first-order valence-electron chi connectivity index (χ1n) is 10.1. The third kappa shape index (κ3) is 6.04. The molecule has 0 fully saturated rings. The third-order valence-electron chi connectivity index (χ3n) is 6.59. The maximum Gasteiger partial charge on any atom is 2.00 e. The van der Waals surface area contributed by atoms with Crippen LogP contribution >= 0.6 is 0 Å². The van der Waals surface area contributed by atoms with Crippen molar-refractivity contribution in [3.63, 3.8) is 0 Å². The smallest absolute Gasteiger partial charge is 0.274 e. The number of hydrogen-bond acceptors (Lipinski definition) is 0. The number of allylic oxidation sites excluding steroid dienone is 8. The molecule has 25 heavy (non-hydrogen) atoms. The van der Waals surface area contributed by atoms with Gasteiger partial charge in [0.1, 0.15) is 0 Å². The van der Waals surface area contributed by atoms with Gasteiger partial charge in [0.2, 0.25) is 0 Å². The van der Waals surface area contributed by atoms with E-state index in [2.05, 4.69) is 78.0 Å². The summed E-state index contributed by atoms with van der Waals surface area (Å²) in [6.07, 6.45) is 18.3. The van der Waals surface area contributed by atoms with E-state index in [1.807, 2.05) is 0 Å². The quantitative estimate of drug-likeness (QED) is 0.264. The zero-order valence-electron chi connectivity index (χ0n) is 17.4. The van der Waals surface area contributed by atoms with Crippen LogP contribution in [0.25, 0.3) is 0 Å². The summed E-state index contributed by atoms with van der Waals surface area (Å²) < 4.78 is 0. The topological polar surface area (TPSA) is 0 Å². The van der Waals surface area contributed by atoms with Crippen molar-refractivity contribution in [1.82, 2.24) is 0 Å². The monoisotopic (exact) mass is 456 g/mol. The predicted octanol–water partition coefficient (Wildman–Crippen LogP) is 7.44. The normalized spacial score (nSPS) is 16.1. The standard InChI is InChI=1S/2C11H19Si.Mo/c2*1-4-12(5-2,6-3)11-9-7-8-10-11;/h2*7,9H,4-6,8H2,1-3H3;/q2*-1;+2. The van der Waals surface area contributed by atoms with Gasteiger partial charge in [0, 0.05) is 16.1 Å². The van der Waals surface area contributed by atoms with Gasteiger partial charge in [-0.15, -0.1) is 12.8 Å². The summed E-state index contributed by atoms with van der Waals surface area (Å²) in [5, 5.41) is 3.19. The molecule has 0 heterocycles. The van der Waals surface area contributed by atoms with Crippen molar-refractivity contribution >= 4 is 16.1 Å². The van der Waals surface area contributed by atoms with Gasteiger partial charge in [-0.1, -0.05) is 77.8 Å². The molecule has 0 amide bonds. The molecular weight excluding hydrogens is 416 g/mol. The summed E-state index contributed by atoms with van der Waals surface area (Å²) in [6, 6.07) is 8.29. The van der Waals surface area contributed by atoms with E-state index >= 15 is 0 Å². The predicted molar refractivity (Wildman–Crippen MR) is 115 cm³/mol. The Labute approximate surface area is 174 Å². The van der Waals surface area contributed by atoms with E-state index in [1.54, 1.807) is 10.4 Å². The summed E-state index contributed by atoms with van der Waals surface area (Å²) in [6.45, 7) is 14.1. The van der Waals surface area contributed by atoms with E-state index in [1.165, 1.54) is 36.3 Å². The van der Waals surface area contributed by atoms with Crippen LogP contribution in [0.5, 0.6) is 0 Å². The Kier molecular flexibility index (Phi) is 12.5. The van der Waals surface area contributed by atoms with E-state index in [0.717, 1.165) is 12.8 Å². The first kappa shape index (κ1) is 25.1. The summed E-state index contributed by atoms with van der Waals surface area (Å²) in [5.74, 6) is 0. The van der Waals surface area contributed by atoms with Crippen molar-refractivity contribution in [2.75, 3.05) is 0 Å². The molecule has 0 aromatic carbocycles. The van der Waals surface area contributed by atoms with Gasteiger partial charge in [0.25, 0.3) is 0 Å². The molecule has 3 heteroatoms. The van der Waals surface area contributed by atoms with E-state index in [0.29, 0.717) is 0 Å². The Morgan fingerprint density at radius 1 is 0.640 bits per heavy atom. The van der Waals surface area contributed by atoms with Crippen LogP contribution in [0.3, 0.4) is 0 Å². The van der Waals surface area contributed by atoms with Crippen molar-refractivity contribution in [3.8, 4) is 0 Å². The molecule has 0 saturated carbocycles. The maximum atomic E-state index is 3.52. The molecule has 0 spiro atoms. The minimum Gasteiger partial charge on any atom is -0.274 e. The SMILES string of the molecule is CC[Si](CC)(CC)C1=[C-]CC=C1.CC[Si](CC)(CC)C1=[C-]CC=C1.[Mo+2]. The van der Waals surface area contributed by atoms with Crippen LogP contribution in [0, 0.1) is 12.2 Å². The average Bonchev–Trinajstić information content (AvgIpc) is 3.34. The molecule has 140 valence electrons. The van der Waals surface area contributed by atoms with E-state index in [4.69, 9.17) is 0 Å². The minimum absolute atomic E-state index is 0. The minimum atomic E-state index is -1.07. The van der Waals surface area contributed by atoms with Gasteiger partial charge in [-0.05, 0) is 0 Å². The van der Waals surface area contributed by atoms with Crippen molar-refractivity contribution in [3.05, 3.63) is 46.8 Å². The fourth-order valence-electron chi connectivity index (χ4n) is 4.18. The van der Waals surface area contributed by atoms with Crippen LogP contribution in [0.4, 0.5) is 0 Å². The molecule has 0 aliphatic heterocycles. The zero-order valence-corrected chi connectivity index (χ0v) is 21.4. The maximum absolute atomic E-state index is 3.52. The molecule has 0 saturated heterocycles. The second-order valence-corrected chi connectivity index (χ2v) is 17.5. The Hall–Kier alpha value is 0.0821. The molecule has 0 aromatic heterocycles. The molecule has 0 atom stereocenters. The van der Waals surface area contributed by atoms with Gasteiger partial charge in [0.05, 0.1) is 0 Å². The van der Waals surface area contributed by atoms with Gasteiger partial charge in [-0.3, -0.25) is 12.2 Å². The van der Waals surface area contributed by atoms with Crippen LogP contribution in [0.15, 0.2) is 34.7 Å². The Balaban J connectivity index is 0.000000443. The third-order valence-corrected chi connectivity index (χ3v) is 17.7.